The van der Waals surface area contributed by atoms with Gasteiger partial charge in [0.05, 0.1) is 6.10 Å². The van der Waals surface area contributed by atoms with Crippen molar-refractivity contribution >= 4 is 11.7 Å². The third kappa shape index (κ3) is 2.90. The number of nitrogens with one attached hydrogen (secondary N) is 1. The van der Waals surface area contributed by atoms with Crippen LogP contribution in [-0.2, 0) is 4.79 Å². The van der Waals surface area contributed by atoms with Gasteiger partial charge in [0.2, 0.25) is 5.95 Å². The third-order valence-electron chi connectivity index (χ3n) is 4.89. The van der Waals surface area contributed by atoms with Crippen molar-refractivity contribution < 1.29 is 9.53 Å². The minimum absolute atomic E-state index is 0.00225. The smallest absolute Gasteiger partial charge is 0.248 e. The van der Waals surface area contributed by atoms with Crippen LogP contribution in [0.15, 0.2) is 35.5 Å². The lowest BCUT2D eigenvalue weighted by Gasteiger charge is -2.27. The van der Waals surface area contributed by atoms with Gasteiger partial charge in [0, 0.05) is 11.3 Å². The molecule has 1 N–H and O–H groups in total. The summed E-state index contributed by atoms with van der Waals surface area (Å²) in [5, 5.41) is 14.9. The highest BCUT2D eigenvalue weighted by atomic mass is 16.5. The predicted molar refractivity (Wildman–Crippen MR) is 92.3 cm³/mol. The van der Waals surface area contributed by atoms with Crippen LogP contribution in [0.3, 0.4) is 0 Å². The van der Waals surface area contributed by atoms with Crippen LogP contribution in [0.25, 0.3) is 0 Å². The average molecular weight is 339 g/mol. The molecule has 130 valence electrons. The molecule has 2 aromatic rings. The first-order valence-corrected chi connectivity index (χ1v) is 8.66. The number of hydrogen-bond acceptors (Lipinski definition) is 6. The molecule has 0 spiro atoms. The van der Waals surface area contributed by atoms with Gasteiger partial charge < -0.3 is 10.1 Å². The van der Waals surface area contributed by atoms with E-state index in [1.807, 2.05) is 31.2 Å². The Kier molecular flexibility index (Phi) is 3.99. The molecule has 1 aliphatic heterocycles. The maximum atomic E-state index is 12.2. The van der Waals surface area contributed by atoms with Crippen molar-refractivity contribution in [2.45, 2.75) is 51.7 Å². The van der Waals surface area contributed by atoms with E-state index in [-0.39, 0.29) is 11.8 Å². The summed E-state index contributed by atoms with van der Waals surface area (Å²) < 4.78 is 7.68. The summed E-state index contributed by atoms with van der Waals surface area (Å²) in [5.74, 6) is 1.41. The topological polar surface area (TPSA) is 81.9 Å². The molecule has 0 amide bonds. The fraction of sp³-hybridized carbons (Fsp3) is 0.444. The van der Waals surface area contributed by atoms with Crippen LogP contribution < -0.4 is 10.1 Å². The zero-order chi connectivity index (χ0) is 17.4. The Labute approximate surface area is 146 Å². The monoisotopic (exact) mass is 339 g/mol. The number of hydrogen-bond donors (Lipinski definition) is 1. The SMILES string of the molecule is CC(=O)C1=C(C)Nc2nnnn2C1c1ccc(OC2CCCC2)cc1. The number of Topliss-reactive ketones (excluding diaryl/α,β-unsaturated/α-hetero) is 1. The van der Waals surface area contributed by atoms with Crippen molar-refractivity contribution in [2.24, 2.45) is 0 Å². The lowest BCUT2D eigenvalue weighted by Crippen LogP contribution is -2.27. The van der Waals surface area contributed by atoms with Crippen molar-refractivity contribution in [1.82, 2.24) is 20.2 Å². The highest BCUT2D eigenvalue weighted by Gasteiger charge is 2.32. The van der Waals surface area contributed by atoms with Crippen LogP contribution in [0.4, 0.5) is 5.95 Å². The van der Waals surface area contributed by atoms with Crippen molar-refractivity contribution in [3.8, 4) is 5.75 Å². The molecule has 2 aliphatic rings. The second-order valence-corrected chi connectivity index (χ2v) is 6.66. The van der Waals surface area contributed by atoms with Gasteiger partial charge in [0.25, 0.3) is 0 Å². The molecule has 1 unspecified atom stereocenters. The summed E-state index contributed by atoms with van der Waals surface area (Å²) in [6.45, 7) is 3.44. The highest BCUT2D eigenvalue weighted by Crippen LogP contribution is 2.35. The van der Waals surface area contributed by atoms with E-state index in [9.17, 15) is 4.79 Å². The molecule has 1 aromatic heterocycles. The summed E-state index contributed by atoms with van der Waals surface area (Å²) in [5.41, 5.74) is 2.41. The van der Waals surface area contributed by atoms with Crippen LogP contribution in [0.5, 0.6) is 5.75 Å². The largest absolute Gasteiger partial charge is 0.490 e. The third-order valence-corrected chi connectivity index (χ3v) is 4.89. The van der Waals surface area contributed by atoms with Crippen molar-refractivity contribution in [3.05, 3.63) is 41.1 Å². The Bertz CT molecular complexity index is 818. The van der Waals surface area contributed by atoms with Crippen LogP contribution >= 0.6 is 0 Å². The fourth-order valence-electron chi connectivity index (χ4n) is 3.70. The summed E-state index contributed by atoms with van der Waals surface area (Å²) in [6, 6.07) is 7.58. The number of tetrazole rings is 1. The summed E-state index contributed by atoms with van der Waals surface area (Å²) in [6.07, 6.45) is 5.06. The van der Waals surface area contributed by atoms with Gasteiger partial charge in [-0.05, 0) is 67.7 Å². The quantitative estimate of drug-likeness (QED) is 0.922. The number of anilines is 1. The van der Waals surface area contributed by atoms with E-state index in [0.717, 1.165) is 29.9 Å². The fourth-order valence-corrected chi connectivity index (χ4v) is 3.70. The van der Waals surface area contributed by atoms with E-state index in [2.05, 4.69) is 20.8 Å². The second-order valence-electron chi connectivity index (χ2n) is 6.66. The number of nitrogens with zero attached hydrogens (tertiary/aromatic N) is 4. The molecule has 7 nitrogen and oxygen atoms in total. The zero-order valence-corrected chi connectivity index (χ0v) is 14.4. The Morgan fingerprint density at radius 3 is 2.64 bits per heavy atom. The van der Waals surface area contributed by atoms with Gasteiger partial charge in [0.15, 0.2) is 5.78 Å². The van der Waals surface area contributed by atoms with Gasteiger partial charge in [-0.1, -0.05) is 17.2 Å². The molecule has 25 heavy (non-hydrogen) atoms. The van der Waals surface area contributed by atoms with Crippen molar-refractivity contribution in [1.29, 1.82) is 0 Å². The number of ether oxygens (including phenoxy) is 1. The molecule has 7 heteroatoms. The Morgan fingerprint density at radius 2 is 1.96 bits per heavy atom. The van der Waals surface area contributed by atoms with Crippen LogP contribution in [0, 0.1) is 0 Å². The van der Waals surface area contributed by atoms with Crippen LogP contribution in [0.1, 0.15) is 51.1 Å². The zero-order valence-electron chi connectivity index (χ0n) is 14.4. The van der Waals surface area contributed by atoms with E-state index in [1.165, 1.54) is 12.8 Å². The molecular weight excluding hydrogens is 318 g/mol. The summed E-state index contributed by atoms with van der Waals surface area (Å²) in [4.78, 5) is 12.2. The lowest BCUT2D eigenvalue weighted by atomic mass is 9.93. The number of carbonyl (C=O) groups excluding carboxylic acids is 1. The Balaban J connectivity index is 1.66. The van der Waals surface area contributed by atoms with Gasteiger partial charge >= 0.3 is 0 Å². The summed E-state index contributed by atoms with van der Waals surface area (Å²) >= 11 is 0. The Hall–Kier alpha value is -2.70. The maximum absolute atomic E-state index is 12.2. The standard InChI is InChI=1S/C18H21N5O2/c1-11-16(12(2)24)17(23-18(19-11)20-21-22-23)13-7-9-15(10-8-13)25-14-5-3-4-6-14/h7-10,14,17H,3-6H2,1-2H3,(H,19,20,22). The first-order valence-electron chi connectivity index (χ1n) is 8.66. The maximum Gasteiger partial charge on any atom is 0.248 e. The van der Waals surface area contributed by atoms with E-state index in [1.54, 1.807) is 11.6 Å². The van der Waals surface area contributed by atoms with E-state index >= 15 is 0 Å². The van der Waals surface area contributed by atoms with Gasteiger partial charge in [-0.2, -0.15) is 4.68 Å². The first kappa shape index (κ1) is 15.8. The molecular formula is C18H21N5O2. The normalized spacial score (nSPS) is 20.3. The van der Waals surface area contributed by atoms with Gasteiger partial charge in [0.1, 0.15) is 11.8 Å². The molecule has 1 aromatic carbocycles. The second kappa shape index (κ2) is 6.31. The minimum atomic E-state index is -0.329. The summed E-state index contributed by atoms with van der Waals surface area (Å²) in [7, 11) is 0. The van der Waals surface area contributed by atoms with Crippen molar-refractivity contribution in [3.63, 3.8) is 0 Å². The van der Waals surface area contributed by atoms with Gasteiger partial charge in [-0.3, -0.25) is 4.79 Å². The van der Waals surface area contributed by atoms with Crippen LogP contribution in [-0.4, -0.2) is 32.1 Å². The predicted octanol–water partition coefficient (Wildman–Crippen LogP) is 2.87. The molecule has 1 saturated carbocycles. The van der Waals surface area contributed by atoms with Crippen LogP contribution in [0.2, 0.25) is 0 Å². The number of allylic oxidation sites excluding steroid dienone is 2. The highest BCUT2D eigenvalue weighted by molar-refractivity contribution is 5.96. The number of rotatable bonds is 4. The number of benzene rings is 1. The number of aromatic nitrogens is 4. The molecule has 0 saturated heterocycles. The van der Waals surface area contributed by atoms with Gasteiger partial charge in [-0.15, -0.1) is 0 Å². The molecule has 1 aliphatic carbocycles. The minimum Gasteiger partial charge on any atom is -0.490 e. The number of carbonyl (C=O) groups is 1. The molecule has 0 bridgehead atoms. The van der Waals surface area contributed by atoms with Crippen molar-refractivity contribution in [2.75, 3.05) is 5.32 Å². The average Bonchev–Trinajstić information content (AvgIpc) is 3.25. The lowest BCUT2D eigenvalue weighted by molar-refractivity contribution is -0.114. The van der Waals surface area contributed by atoms with Gasteiger partial charge in [-0.25, -0.2) is 0 Å². The molecule has 0 radical (unpaired) electrons. The molecule has 4 rings (SSSR count). The van der Waals surface area contributed by atoms with E-state index in [0.29, 0.717) is 17.6 Å². The molecule has 2 heterocycles. The Morgan fingerprint density at radius 1 is 1.24 bits per heavy atom. The molecule has 1 fully saturated rings. The van der Waals surface area contributed by atoms with E-state index in [4.69, 9.17) is 4.74 Å². The molecule has 1 atom stereocenters. The van der Waals surface area contributed by atoms with E-state index < -0.39 is 0 Å². The first-order chi connectivity index (χ1) is 12.1. The number of fused-ring (bicyclic) bond motifs is 1. The number of ketones is 1.